The highest BCUT2D eigenvalue weighted by Gasteiger charge is 2.28. The molecule has 4 heterocycles. The molecule has 0 unspecified atom stereocenters. The van der Waals surface area contributed by atoms with Gasteiger partial charge in [0.15, 0.2) is 5.69 Å². The Morgan fingerprint density at radius 2 is 1.97 bits per heavy atom. The number of nitrogen functional groups attached to an aromatic ring is 1. The van der Waals surface area contributed by atoms with Crippen molar-refractivity contribution >= 4 is 39.8 Å². The molecular weight excluding hydrogens is 468 g/mol. The molecule has 35 heavy (non-hydrogen) atoms. The fourth-order valence-corrected chi connectivity index (χ4v) is 5.14. The Morgan fingerprint density at radius 3 is 2.60 bits per heavy atom. The number of carbonyl (C=O) groups excluding carboxylic acids is 1. The third-order valence-electron chi connectivity index (χ3n) is 5.95. The lowest BCUT2D eigenvalue weighted by Gasteiger charge is -2.23. The van der Waals surface area contributed by atoms with Crippen LogP contribution in [0.5, 0.6) is 0 Å². The Morgan fingerprint density at radius 1 is 1.23 bits per heavy atom. The molecule has 0 aromatic carbocycles. The molecule has 0 saturated carbocycles. The lowest BCUT2D eigenvalue weighted by Crippen LogP contribution is -2.41. The van der Waals surface area contributed by atoms with Crippen molar-refractivity contribution < 1.29 is 9.32 Å². The number of hydrogen-bond donors (Lipinski definition) is 2. The van der Waals surface area contributed by atoms with Crippen LogP contribution >= 0.6 is 11.3 Å². The number of H-pyrrole nitrogens is 1. The first-order valence-electron chi connectivity index (χ1n) is 11.5. The highest BCUT2D eigenvalue weighted by atomic mass is 32.1. The molecule has 0 aliphatic rings. The van der Waals surface area contributed by atoms with E-state index in [0.29, 0.717) is 35.3 Å². The van der Waals surface area contributed by atoms with Crippen molar-refractivity contribution in [3.63, 3.8) is 0 Å². The first-order chi connectivity index (χ1) is 16.7. The lowest BCUT2D eigenvalue weighted by atomic mass is 10.0. The number of pyridine rings is 1. The monoisotopic (exact) mass is 496 g/mol. The number of aromatic nitrogens is 4. The van der Waals surface area contributed by atoms with Crippen LogP contribution < -0.4 is 21.9 Å². The molecule has 1 amide bonds. The van der Waals surface area contributed by atoms with Crippen molar-refractivity contribution in [3.05, 3.63) is 54.0 Å². The number of fused-ring (bicyclic) bond motifs is 1. The SMILES string of the molecule is CCCCn1c(N)c(N(CC)C(=O)c2cc(-c3cc(C)sc3C)nc3onc(C)c23)c(=O)[nH]c1=O. The Hall–Kier alpha value is -3.73. The summed E-state index contributed by atoms with van der Waals surface area (Å²) in [6.07, 6.45) is 1.53. The molecule has 0 bridgehead atoms. The molecule has 0 fully saturated rings. The Balaban J connectivity index is 1.92. The number of carbonyl (C=O) groups is 1. The molecule has 3 N–H and O–H groups in total. The van der Waals surface area contributed by atoms with E-state index in [4.69, 9.17) is 10.3 Å². The van der Waals surface area contributed by atoms with Gasteiger partial charge in [-0.3, -0.25) is 19.1 Å². The summed E-state index contributed by atoms with van der Waals surface area (Å²) < 4.78 is 6.73. The second-order valence-corrected chi connectivity index (χ2v) is 9.84. The molecule has 11 heteroatoms. The van der Waals surface area contributed by atoms with Crippen LogP contribution in [-0.2, 0) is 6.54 Å². The van der Waals surface area contributed by atoms with E-state index in [0.717, 1.165) is 21.7 Å². The average molecular weight is 497 g/mol. The number of rotatable bonds is 7. The number of unbranched alkanes of at least 4 members (excludes halogenated alkanes) is 1. The van der Waals surface area contributed by atoms with E-state index in [1.54, 1.807) is 31.3 Å². The second-order valence-electron chi connectivity index (χ2n) is 8.38. The summed E-state index contributed by atoms with van der Waals surface area (Å²) in [6, 6.07) is 3.71. The summed E-state index contributed by atoms with van der Waals surface area (Å²) >= 11 is 1.63. The number of anilines is 2. The maximum atomic E-state index is 14.0. The quantitative estimate of drug-likeness (QED) is 0.397. The summed E-state index contributed by atoms with van der Waals surface area (Å²) in [6.45, 7) is 9.94. The molecule has 4 aromatic rings. The van der Waals surface area contributed by atoms with Gasteiger partial charge in [-0.25, -0.2) is 9.78 Å². The van der Waals surface area contributed by atoms with E-state index in [1.807, 2.05) is 26.8 Å². The Kier molecular flexibility index (Phi) is 6.62. The van der Waals surface area contributed by atoms with Gasteiger partial charge in [-0.1, -0.05) is 18.5 Å². The van der Waals surface area contributed by atoms with Gasteiger partial charge >= 0.3 is 5.69 Å². The van der Waals surface area contributed by atoms with Gasteiger partial charge in [-0.05, 0) is 46.2 Å². The van der Waals surface area contributed by atoms with Crippen molar-refractivity contribution in [2.24, 2.45) is 0 Å². The Labute approximate surface area is 205 Å². The second kappa shape index (κ2) is 9.49. The van der Waals surface area contributed by atoms with Gasteiger partial charge in [0, 0.05) is 28.4 Å². The van der Waals surface area contributed by atoms with Crippen LogP contribution in [-0.4, -0.2) is 32.1 Å². The molecule has 0 spiro atoms. The van der Waals surface area contributed by atoms with Crippen LogP contribution in [0.25, 0.3) is 22.4 Å². The van der Waals surface area contributed by atoms with Crippen LogP contribution in [0.2, 0.25) is 0 Å². The summed E-state index contributed by atoms with van der Waals surface area (Å²) in [7, 11) is 0. The van der Waals surface area contributed by atoms with Crippen LogP contribution in [0.4, 0.5) is 11.5 Å². The van der Waals surface area contributed by atoms with Gasteiger partial charge in [0.1, 0.15) is 5.82 Å². The van der Waals surface area contributed by atoms with Crippen molar-refractivity contribution in [1.29, 1.82) is 0 Å². The normalized spacial score (nSPS) is 11.3. The lowest BCUT2D eigenvalue weighted by molar-refractivity contribution is 0.0989. The summed E-state index contributed by atoms with van der Waals surface area (Å²) in [5.41, 5.74) is 7.42. The zero-order valence-electron chi connectivity index (χ0n) is 20.4. The predicted molar refractivity (Wildman–Crippen MR) is 137 cm³/mol. The van der Waals surface area contributed by atoms with E-state index in [2.05, 4.69) is 15.1 Å². The van der Waals surface area contributed by atoms with Crippen molar-refractivity contribution in [3.8, 4) is 11.3 Å². The highest BCUT2D eigenvalue weighted by molar-refractivity contribution is 7.12. The molecule has 4 aromatic heterocycles. The average Bonchev–Trinajstić information content (AvgIpc) is 3.36. The first-order valence-corrected chi connectivity index (χ1v) is 12.3. The number of aryl methyl sites for hydroxylation is 3. The van der Waals surface area contributed by atoms with Gasteiger partial charge < -0.3 is 15.2 Å². The fourth-order valence-electron chi connectivity index (χ4n) is 4.21. The number of thiophene rings is 1. The van der Waals surface area contributed by atoms with Gasteiger partial charge in [0.25, 0.3) is 17.2 Å². The number of amides is 1. The predicted octanol–water partition coefficient (Wildman–Crippen LogP) is 3.78. The first kappa shape index (κ1) is 24.4. The molecule has 0 saturated heterocycles. The topological polar surface area (TPSA) is 140 Å². The van der Waals surface area contributed by atoms with Gasteiger partial charge in [0.2, 0.25) is 0 Å². The minimum absolute atomic E-state index is 0.0423. The summed E-state index contributed by atoms with van der Waals surface area (Å²) in [4.78, 5) is 49.6. The van der Waals surface area contributed by atoms with E-state index in [9.17, 15) is 14.4 Å². The number of hydrogen-bond acceptors (Lipinski definition) is 8. The molecule has 0 aliphatic heterocycles. The third kappa shape index (κ3) is 4.27. The van der Waals surface area contributed by atoms with E-state index in [-0.39, 0.29) is 23.8 Å². The molecule has 4 rings (SSSR count). The Bertz CT molecular complexity index is 1540. The standard InChI is InChI=1S/C24H28N6O4S/c1-6-8-9-30-20(25)19(21(31)27-24(30)33)29(7-2)23(32)16-11-17(15-10-12(3)35-14(15)5)26-22-18(16)13(4)28-34-22/h10-11H,6-9,25H2,1-5H3,(H,27,31,33). The molecular formula is C24H28N6O4S. The van der Waals surface area contributed by atoms with Crippen molar-refractivity contribution in [2.45, 2.75) is 54.0 Å². The summed E-state index contributed by atoms with van der Waals surface area (Å²) in [5, 5.41) is 4.48. The maximum absolute atomic E-state index is 14.0. The molecule has 184 valence electrons. The van der Waals surface area contributed by atoms with Gasteiger partial charge in [-0.15, -0.1) is 11.3 Å². The maximum Gasteiger partial charge on any atom is 0.330 e. The van der Waals surface area contributed by atoms with Crippen LogP contribution in [0.1, 0.15) is 52.5 Å². The number of nitrogens with zero attached hydrogens (tertiary/aromatic N) is 4. The zero-order chi connectivity index (χ0) is 25.4. The van der Waals surface area contributed by atoms with Crippen molar-refractivity contribution in [1.82, 2.24) is 19.7 Å². The molecule has 0 atom stereocenters. The zero-order valence-corrected chi connectivity index (χ0v) is 21.2. The highest BCUT2D eigenvalue weighted by Crippen LogP contribution is 2.34. The number of nitrogens with two attached hydrogens (primary N) is 1. The van der Waals surface area contributed by atoms with E-state index < -0.39 is 17.2 Å². The van der Waals surface area contributed by atoms with Crippen LogP contribution in [0.3, 0.4) is 0 Å². The minimum Gasteiger partial charge on any atom is -0.383 e. The smallest absolute Gasteiger partial charge is 0.330 e. The molecule has 0 aliphatic carbocycles. The van der Waals surface area contributed by atoms with Crippen molar-refractivity contribution in [2.75, 3.05) is 17.2 Å². The third-order valence-corrected chi connectivity index (χ3v) is 6.91. The van der Waals surface area contributed by atoms with E-state index >= 15 is 0 Å². The van der Waals surface area contributed by atoms with Gasteiger partial charge in [0.05, 0.1) is 22.3 Å². The minimum atomic E-state index is -0.715. The molecule has 0 radical (unpaired) electrons. The van der Waals surface area contributed by atoms with Crippen LogP contribution in [0.15, 0.2) is 26.2 Å². The van der Waals surface area contributed by atoms with Gasteiger partial charge in [-0.2, -0.15) is 0 Å². The number of aromatic amines is 1. The summed E-state index contributed by atoms with van der Waals surface area (Å²) in [5.74, 6) is -0.505. The largest absolute Gasteiger partial charge is 0.383 e. The van der Waals surface area contributed by atoms with Crippen LogP contribution in [0, 0.1) is 20.8 Å². The number of nitrogens with one attached hydrogen (secondary N) is 1. The molecule has 10 nitrogen and oxygen atoms in total. The van der Waals surface area contributed by atoms with E-state index in [1.165, 1.54) is 9.47 Å². The fraction of sp³-hybridized carbons (Fsp3) is 0.375.